The van der Waals surface area contributed by atoms with Gasteiger partial charge >= 0.3 is 0 Å². The second-order valence-corrected chi connectivity index (χ2v) is 5.91. The first-order chi connectivity index (χ1) is 7.94. The van der Waals surface area contributed by atoms with Crippen molar-refractivity contribution in [2.75, 3.05) is 6.54 Å². The highest BCUT2D eigenvalue weighted by Crippen LogP contribution is 2.30. The minimum atomic E-state index is -3.65. The maximum atomic E-state index is 11.9. The van der Waals surface area contributed by atoms with Crippen LogP contribution in [0, 0.1) is 0 Å². The summed E-state index contributed by atoms with van der Waals surface area (Å²) in [6.45, 7) is 1.77. The van der Waals surface area contributed by atoms with Gasteiger partial charge in [-0.2, -0.15) is 0 Å². The summed E-state index contributed by atoms with van der Waals surface area (Å²) in [7, 11) is -3.65. The molecule has 0 amide bonds. The van der Waals surface area contributed by atoms with Crippen LogP contribution in [-0.2, 0) is 16.6 Å². The lowest BCUT2D eigenvalue weighted by molar-refractivity contribution is 0.281. The van der Waals surface area contributed by atoms with Gasteiger partial charge in [0.05, 0.1) is 11.6 Å². The van der Waals surface area contributed by atoms with Crippen LogP contribution in [0.5, 0.6) is 0 Å². The minimum Gasteiger partial charge on any atom is -0.392 e. The van der Waals surface area contributed by atoms with Crippen LogP contribution in [0.2, 0.25) is 10.0 Å². The highest BCUT2D eigenvalue weighted by Gasteiger charge is 2.20. The van der Waals surface area contributed by atoms with E-state index in [0.717, 1.165) is 0 Å². The zero-order valence-corrected chi connectivity index (χ0v) is 11.5. The molecule has 0 aliphatic heterocycles. The molecule has 1 rings (SSSR count). The van der Waals surface area contributed by atoms with Gasteiger partial charge in [-0.25, -0.2) is 13.1 Å². The zero-order valence-electron chi connectivity index (χ0n) is 9.20. The number of benzene rings is 1. The van der Waals surface area contributed by atoms with E-state index in [2.05, 4.69) is 4.72 Å². The fourth-order valence-electron chi connectivity index (χ4n) is 1.24. The van der Waals surface area contributed by atoms with Crippen molar-refractivity contribution in [2.24, 2.45) is 0 Å². The maximum absolute atomic E-state index is 11.9. The standard InChI is InChI=1S/C10H13Cl2NO3S/c1-2-5-13-17(15,16)9-4-3-8(11)7(6-14)10(9)12/h3-4,13-14H,2,5-6H2,1H3. The molecule has 96 valence electrons. The average Bonchev–Trinajstić information content (AvgIpc) is 2.26. The van der Waals surface area contributed by atoms with Crippen LogP contribution in [-0.4, -0.2) is 20.1 Å². The number of halogens is 2. The van der Waals surface area contributed by atoms with E-state index in [1.807, 2.05) is 6.92 Å². The van der Waals surface area contributed by atoms with Crippen molar-refractivity contribution in [2.45, 2.75) is 24.8 Å². The van der Waals surface area contributed by atoms with Crippen LogP contribution in [0.25, 0.3) is 0 Å². The number of aliphatic hydroxyl groups is 1. The topological polar surface area (TPSA) is 66.4 Å². The smallest absolute Gasteiger partial charge is 0.242 e. The van der Waals surface area contributed by atoms with Gasteiger partial charge in [-0.3, -0.25) is 0 Å². The molecule has 0 aliphatic rings. The normalized spacial score (nSPS) is 11.8. The van der Waals surface area contributed by atoms with Crippen LogP contribution in [0.15, 0.2) is 17.0 Å². The number of rotatable bonds is 5. The van der Waals surface area contributed by atoms with E-state index in [4.69, 9.17) is 28.3 Å². The van der Waals surface area contributed by atoms with Crippen molar-refractivity contribution >= 4 is 33.2 Å². The lowest BCUT2D eigenvalue weighted by Crippen LogP contribution is -2.24. The number of sulfonamides is 1. The maximum Gasteiger partial charge on any atom is 0.242 e. The Morgan fingerprint density at radius 1 is 1.35 bits per heavy atom. The Bertz CT molecular complexity index is 503. The molecule has 0 aliphatic carbocycles. The highest BCUT2D eigenvalue weighted by molar-refractivity contribution is 7.89. The Morgan fingerprint density at radius 3 is 2.53 bits per heavy atom. The Hall–Kier alpha value is -0.330. The number of nitrogens with one attached hydrogen (secondary N) is 1. The third-order valence-corrected chi connectivity index (χ3v) is 4.54. The van der Waals surface area contributed by atoms with Gasteiger partial charge in [0, 0.05) is 17.1 Å². The van der Waals surface area contributed by atoms with Crippen LogP contribution < -0.4 is 4.72 Å². The molecule has 0 saturated heterocycles. The second kappa shape index (κ2) is 6.02. The van der Waals surface area contributed by atoms with E-state index in [1.165, 1.54) is 12.1 Å². The Morgan fingerprint density at radius 2 is 2.00 bits per heavy atom. The fourth-order valence-corrected chi connectivity index (χ4v) is 3.27. The summed E-state index contributed by atoms with van der Waals surface area (Å²) in [6.07, 6.45) is 0.678. The first-order valence-corrected chi connectivity index (χ1v) is 7.25. The van der Waals surface area contributed by atoms with E-state index in [-0.39, 0.29) is 20.5 Å². The molecule has 2 N–H and O–H groups in total. The molecule has 0 atom stereocenters. The molecular formula is C10H13Cl2NO3S. The van der Waals surface area contributed by atoms with Crippen molar-refractivity contribution in [1.29, 1.82) is 0 Å². The molecule has 0 unspecified atom stereocenters. The summed E-state index contributed by atoms with van der Waals surface area (Å²) in [5, 5.41) is 9.29. The highest BCUT2D eigenvalue weighted by atomic mass is 35.5. The first-order valence-electron chi connectivity index (χ1n) is 5.01. The van der Waals surface area contributed by atoms with Gasteiger partial charge in [0.25, 0.3) is 0 Å². The van der Waals surface area contributed by atoms with Crippen molar-refractivity contribution in [1.82, 2.24) is 4.72 Å². The zero-order chi connectivity index (χ0) is 13.1. The molecule has 0 spiro atoms. The van der Waals surface area contributed by atoms with Crippen molar-refractivity contribution in [3.05, 3.63) is 27.7 Å². The second-order valence-electron chi connectivity index (χ2n) is 3.39. The molecule has 7 heteroatoms. The predicted molar refractivity (Wildman–Crippen MR) is 67.9 cm³/mol. The lowest BCUT2D eigenvalue weighted by Gasteiger charge is -2.11. The summed E-state index contributed by atoms with van der Waals surface area (Å²) in [4.78, 5) is -0.0685. The summed E-state index contributed by atoms with van der Waals surface area (Å²) in [5.41, 5.74) is 0.215. The SMILES string of the molecule is CCCNS(=O)(=O)c1ccc(Cl)c(CO)c1Cl. The van der Waals surface area contributed by atoms with E-state index in [1.54, 1.807) is 0 Å². The van der Waals surface area contributed by atoms with Crippen LogP contribution in [0.3, 0.4) is 0 Å². The summed E-state index contributed by atoms with van der Waals surface area (Å²) >= 11 is 11.7. The molecule has 0 saturated carbocycles. The van der Waals surface area contributed by atoms with Crippen molar-refractivity contribution < 1.29 is 13.5 Å². The van der Waals surface area contributed by atoms with Gasteiger partial charge in [-0.15, -0.1) is 0 Å². The molecule has 0 aromatic heterocycles. The minimum absolute atomic E-state index is 0.0383. The predicted octanol–water partition coefficient (Wildman–Crippen LogP) is 2.17. The molecule has 0 fully saturated rings. The molecule has 0 heterocycles. The largest absolute Gasteiger partial charge is 0.392 e. The van der Waals surface area contributed by atoms with Gasteiger partial charge in [0.1, 0.15) is 4.90 Å². The van der Waals surface area contributed by atoms with E-state index >= 15 is 0 Å². The Kier molecular flexibility index (Phi) is 5.22. The van der Waals surface area contributed by atoms with Crippen LogP contribution >= 0.6 is 23.2 Å². The monoisotopic (exact) mass is 297 g/mol. The summed E-state index contributed by atoms with van der Waals surface area (Å²) in [6, 6.07) is 2.72. The van der Waals surface area contributed by atoms with Crippen LogP contribution in [0.4, 0.5) is 0 Å². The first kappa shape index (κ1) is 14.7. The van der Waals surface area contributed by atoms with Crippen molar-refractivity contribution in [3.63, 3.8) is 0 Å². The van der Waals surface area contributed by atoms with E-state index in [0.29, 0.717) is 13.0 Å². The fraction of sp³-hybridized carbons (Fsp3) is 0.400. The molecule has 1 aromatic rings. The average molecular weight is 298 g/mol. The van der Waals surface area contributed by atoms with E-state index < -0.39 is 16.6 Å². The van der Waals surface area contributed by atoms with Crippen molar-refractivity contribution in [3.8, 4) is 0 Å². The molecule has 1 aromatic carbocycles. The molecule has 4 nitrogen and oxygen atoms in total. The molecule has 17 heavy (non-hydrogen) atoms. The third-order valence-electron chi connectivity index (χ3n) is 2.14. The van der Waals surface area contributed by atoms with Gasteiger partial charge in [0.2, 0.25) is 10.0 Å². The Balaban J connectivity index is 3.24. The number of hydrogen-bond donors (Lipinski definition) is 2. The van der Waals surface area contributed by atoms with Gasteiger partial charge in [-0.1, -0.05) is 30.1 Å². The lowest BCUT2D eigenvalue weighted by atomic mass is 10.2. The van der Waals surface area contributed by atoms with Gasteiger partial charge in [0.15, 0.2) is 0 Å². The van der Waals surface area contributed by atoms with Crippen LogP contribution in [0.1, 0.15) is 18.9 Å². The van der Waals surface area contributed by atoms with Gasteiger partial charge in [-0.05, 0) is 18.6 Å². The number of hydrogen-bond acceptors (Lipinski definition) is 3. The molecule has 0 radical (unpaired) electrons. The summed E-state index contributed by atoms with van der Waals surface area (Å²) < 4.78 is 26.1. The summed E-state index contributed by atoms with van der Waals surface area (Å²) in [5.74, 6) is 0. The van der Waals surface area contributed by atoms with Gasteiger partial charge < -0.3 is 5.11 Å². The quantitative estimate of drug-likeness (QED) is 0.875. The Labute approximate surface area is 111 Å². The molecule has 0 bridgehead atoms. The van der Waals surface area contributed by atoms with E-state index in [9.17, 15) is 8.42 Å². The third kappa shape index (κ3) is 3.33. The molecular weight excluding hydrogens is 285 g/mol. The number of aliphatic hydroxyl groups excluding tert-OH is 1.